The Balaban J connectivity index is 1.90. The van der Waals surface area contributed by atoms with E-state index in [4.69, 9.17) is 14.2 Å². The van der Waals surface area contributed by atoms with Gasteiger partial charge in [-0.2, -0.15) is 0 Å². The van der Waals surface area contributed by atoms with Crippen LogP contribution in [0.1, 0.15) is 54.3 Å². The van der Waals surface area contributed by atoms with Crippen LogP contribution in [0, 0.1) is 0 Å². The Morgan fingerprint density at radius 3 is 2.06 bits per heavy atom. The van der Waals surface area contributed by atoms with E-state index in [1.54, 1.807) is 36.4 Å². The second-order valence-electron chi connectivity index (χ2n) is 7.10. The van der Waals surface area contributed by atoms with Crippen molar-refractivity contribution in [3.05, 3.63) is 47.5 Å². The lowest BCUT2D eigenvalue weighted by atomic mass is 10.1. The summed E-state index contributed by atoms with van der Waals surface area (Å²) in [6.07, 6.45) is 2.01. The highest BCUT2D eigenvalue weighted by Crippen LogP contribution is 2.39. The zero-order valence-corrected chi connectivity index (χ0v) is 18.4. The Morgan fingerprint density at radius 1 is 0.903 bits per heavy atom. The molecule has 2 aromatic rings. The molecule has 7 nitrogen and oxygen atoms in total. The molecule has 0 bridgehead atoms. The Labute approximate surface area is 183 Å². The summed E-state index contributed by atoms with van der Waals surface area (Å²) in [5.41, 5.74) is 1.33. The zero-order chi connectivity index (χ0) is 22.2. The number of amides is 2. The van der Waals surface area contributed by atoms with Gasteiger partial charge < -0.3 is 24.4 Å². The molecule has 31 heavy (non-hydrogen) atoms. The highest BCUT2D eigenvalue weighted by molar-refractivity contribution is 6.09. The molecule has 1 fully saturated rings. The molecule has 1 saturated heterocycles. The minimum atomic E-state index is -0.355. The van der Waals surface area contributed by atoms with Gasteiger partial charge in [0.2, 0.25) is 5.75 Å². The van der Waals surface area contributed by atoms with Gasteiger partial charge >= 0.3 is 0 Å². The highest BCUT2D eigenvalue weighted by atomic mass is 16.5. The summed E-state index contributed by atoms with van der Waals surface area (Å²) >= 11 is 0. The number of carbonyl (C=O) groups is 2. The molecule has 1 N–H and O–H groups in total. The normalized spacial score (nSPS) is 13.1. The molecule has 1 aliphatic rings. The molecule has 0 unspecified atom stereocenters. The molecule has 0 aromatic heterocycles. The third kappa shape index (κ3) is 5.29. The van der Waals surface area contributed by atoms with E-state index in [1.807, 2.05) is 25.7 Å². The quantitative estimate of drug-likeness (QED) is 0.644. The van der Waals surface area contributed by atoms with E-state index >= 15 is 0 Å². The molecule has 3 rings (SSSR count). The van der Waals surface area contributed by atoms with Gasteiger partial charge in [-0.25, -0.2) is 0 Å². The van der Waals surface area contributed by atoms with E-state index in [9.17, 15) is 9.59 Å². The van der Waals surface area contributed by atoms with Crippen LogP contribution in [0.4, 0.5) is 5.69 Å². The minimum absolute atomic E-state index is 0.0647. The topological polar surface area (TPSA) is 77.1 Å². The number of para-hydroxylation sites is 1. The van der Waals surface area contributed by atoms with Crippen molar-refractivity contribution in [3.63, 3.8) is 0 Å². The Hall–Kier alpha value is -3.22. The lowest BCUT2D eigenvalue weighted by Crippen LogP contribution is -2.28. The van der Waals surface area contributed by atoms with Crippen molar-refractivity contribution >= 4 is 17.5 Å². The number of likely N-dealkylation sites (tertiary alicyclic amines) is 1. The minimum Gasteiger partial charge on any atom is -0.490 e. The number of anilines is 1. The maximum atomic E-state index is 13.1. The molecule has 166 valence electrons. The molecule has 0 radical (unpaired) electrons. The van der Waals surface area contributed by atoms with E-state index in [-0.39, 0.29) is 11.8 Å². The lowest BCUT2D eigenvalue weighted by Gasteiger charge is -2.19. The van der Waals surface area contributed by atoms with Gasteiger partial charge in [-0.05, 0) is 57.9 Å². The van der Waals surface area contributed by atoms with Crippen molar-refractivity contribution in [2.45, 2.75) is 33.6 Å². The summed E-state index contributed by atoms with van der Waals surface area (Å²) in [5, 5.41) is 2.88. The van der Waals surface area contributed by atoms with Crippen LogP contribution in [-0.2, 0) is 0 Å². The molecular formula is C24H30N2O5. The third-order valence-corrected chi connectivity index (χ3v) is 4.97. The largest absolute Gasteiger partial charge is 0.490 e. The molecule has 0 spiro atoms. The van der Waals surface area contributed by atoms with Crippen LogP contribution in [0.2, 0.25) is 0 Å². The van der Waals surface area contributed by atoms with Crippen LogP contribution in [0.5, 0.6) is 17.2 Å². The molecule has 0 saturated carbocycles. The number of hydrogen-bond donors (Lipinski definition) is 1. The van der Waals surface area contributed by atoms with E-state index in [0.717, 1.165) is 25.9 Å². The van der Waals surface area contributed by atoms with Crippen LogP contribution < -0.4 is 19.5 Å². The third-order valence-electron chi connectivity index (χ3n) is 4.97. The maximum Gasteiger partial charge on any atom is 0.255 e. The average molecular weight is 427 g/mol. The van der Waals surface area contributed by atoms with Crippen molar-refractivity contribution in [3.8, 4) is 17.2 Å². The summed E-state index contributed by atoms with van der Waals surface area (Å²) in [4.78, 5) is 27.8. The van der Waals surface area contributed by atoms with Crippen molar-refractivity contribution in [2.75, 3.05) is 38.2 Å². The molecule has 7 heteroatoms. The van der Waals surface area contributed by atoms with Gasteiger partial charge in [0.1, 0.15) is 0 Å². The van der Waals surface area contributed by atoms with Crippen molar-refractivity contribution in [1.29, 1.82) is 0 Å². The van der Waals surface area contributed by atoms with Gasteiger partial charge in [0.05, 0.1) is 31.1 Å². The number of benzene rings is 2. The summed E-state index contributed by atoms with van der Waals surface area (Å²) in [6, 6.07) is 10.4. The first-order chi connectivity index (χ1) is 15.1. The lowest BCUT2D eigenvalue weighted by molar-refractivity contribution is 0.0794. The van der Waals surface area contributed by atoms with Crippen LogP contribution >= 0.6 is 0 Å². The first-order valence-electron chi connectivity index (χ1n) is 10.8. The standard InChI is InChI=1S/C24H30N2O5/c1-4-29-20-15-17(16-21(30-5-2)22(20)31-6-3)23(27)25-19-12-8-7-11-18(19)24(28)26-13-9-10-14-26/h7-8,11-12,15-16H,4-6,9-10,13-14H2,1-3H3,(H,25,27). The van der Waals surface area contributed by atoms with Gasteiger partial charge in [0.15, 0.2) is 11.5 Å². The SMILES string of the molecule is CCOc1cc(C(=O)Nc2ccccc2C(=O)N2CCCC2)cc(OCC)c1OCC. The van der Waals surface area contributed by atoms with Crippen LogP contribution in [0.3, 0.4) is 0 Å². The second kappa shape index (κ2) is 10.7. The molecular weight excluding hydrogens is 396 g/mol. The van der Waals surface area contributed by atoms with E-state index in [0.29, 0.717) is 53.9 Å². The number of nitrogens with zero attached hydrogens (tertiary/aromatic N) is 1. The summed E-state index contributed by atoms with van der Waals surface area (Å²) < 4.78 is 17.1. The number of rotatable bonds is 9. The van der Waals surface area contributed by atoms with Crippen molar-refractivity contribution < 1.29 is 23.8 Å². The monoisotopic (exact) mass is 426 g/mol. The fourth-order valence-electron chi connectivity index (χ4n) is 3.58. The highest BCUT2D eigenvalue weighted by Gasteiger charge is 2.23. The number of ether oxygens (including phenoxy) is 3. The van der Waals surface area contributed by atoms with E-state index in [1.165, 1.54) is 0 Å². The Kier molecular flexibility index (Phi) is 7.76. The molecule has 1 aliphatic heterocycles. The van der Waals surface area contributed by atoms with Gasteiger partial charge in [-0.3, -0.25) is 9.59 Å². The van der Waals surface area contributed by atoms with Gasteiger partial charge in [0, 0.05) is 18.7 Å². The number of hydrogen-bond acceptors (Lipinski definition) is 5. The van der Waals surface area contributed by atoms with Gasteiger partial charge in [-0.1, -0.05) is 12.1 Å². The van der Waals surface area contributed by atoms with Crippen molar-refractivity contribution in [1.82, 2.24) is 4.90 Å². The molecule has 2 amide bonds. The first-order valence-corrected chi connectivity index (χ1v) is 10.8. The molecule has 1 heterocycles. The van der Waals surface area contributed by atoms with Crippen LogP contribution in [0.15, 0.2) is 36.4 Å². The van der Waals surface area contributed by atoms with Gasteiger partial charge in [-0.15, -0.1) is 0 Å². The van der Waals surface area contributed by atoms with E-state index < -0.39 is 0 Å². The second-order valence-corrected chi connectivity index (χ2v) is 7.10. The molecule has 0 atom stereocenters. The van der Waals surface area contributed by atoms with Crippen molar-refractivity contribution in [2.24, 2.45) is 0 Å². The summed E-state index contributed by atoms with van der Waals surface area (Å²) in [6.45, 7) is 8.38. The average Bonchev–Trinajstić information content (AvgIpc) is 3.31. The first kappa shape index (κ1) is 22.5. The fraction of sp³-hybridized carbons (Fsp3) is 0.417. The van der Waals surface area contributed by atoms with Crippen LogP contribution in [-0.4, -0.2) is 49.6 Å². The smallest absolute Gasteiger partial charge is 0.255 e. The number of nitrogens with one attached hydrogen (secondary N) is 1. The predicted octanol–water partition coefficient (Wildman–Crippen LogP) is 4.37. The Bertz CT molecular complexity index is 895. The summed E-state index contributed by atoms with van der Waals surface area (Å²) in [5.74, 6) is 0.952. The number of carbonyl (C=O) groups excluding carboxylic acids is 2. The van der Waals surface area contributed by atoms with Crippen LogP contribution in [0.25, 0.3) is 0 Å². The maximum absolute atomic E-state index is 13.1. The van der Waals surface area contributed by atoms with E-state index in [2.05, 4.69) is 5.32 Å². The Morgan fingerprint density at radius 2 is 1.48 bits per heavy atom. The molecule has 2 aromatic carbocycles. The summed E-state index contributed by atoms with van der Waals surface area (Å²) in [7, 11) is 0. The molecule has 0 aliphatic carbocycles. The van der Waals surface area contributed by atoms with Gasteiger partial charge in [0.25, 0.3) is 11.8 Å². The predicted molar refractivity (Wildman–Crippen MR) is 119 cm³/mol. The fourth-order valence-corrected chi connectivity index (χ4v) is 3.58. The zero-order valence-electron chi connectivity index (χ0n) is 18.4.